The molecule has 2 fully saturated rings. The van der Waals surface area contributed by atoms with Gasteiger partial charge in [-0.1, -0.05) is 27.7 Å². The molecule has 4 rings (SSSR count). The van der Waals surface area contributed by atoms with Crippen molar-refractivity contribution >= 4 is 11.6 Å². The summed E-state index contributed by atoms with van der Waals surface area (Å²) in [5.74, 6) is -0.601. The van der Waals surface area contributed by atoms with Crippen molar-refractivity contribution in [1.29, 1.82) is 0 Å². The van der Waals surface area contributed by atoms with Gasteiger partial charge < -0.3 is 15.3 Å². The number of Topliss-reactive ketones (excluding diaryl/α,β-unsaturated/α-hetero) is 2. The number of aliphatic hydroxyl groups excluding tert-OH is 3. The number of aliphatic hydroxyl groups is 3. The van der Waals surface area contributed by atoms with E-state index < -0.39 is 34.9 Å². The molecule has 0 bridgehead atoms. The van der Waals surface area contributed by atoms with Crippen LogP contribution in [-0.4, -0.2) is 45.2 Å². The summed E-state index contributed by atoms with van der Waals surface area (Å²) in [6, 6.07) is 0. The van der Waals surface area contributed by atoms with E-state index in [-0.39, 0.29) is 29.1 Å². The van der Waals surface area contributed by atoms with Crippen LogP contribution in [0.2, 0.25) is 0 Å². The van der Waals surface area contributed by atoms with Crippen LogP contribution in [0, 0.1) is 34.5 Å². The Morgan fingerprint density at radius 2 is 1.68 bits per heavy atom. The third-order valence-corrected chi connectivity index (χ3v) is 8.16. The minimum Gasteiger partial charge on any atom is -0.390 e. The maximum absolute atomic E-state index is 13.2. The van der Waals surface area contributed by atoms with Crippen LogP contribution >= 0.6 is 0 Å². The van der Waals surface area contributed by atoms with E-state index in [0.717, 1.165) is 6.42 Å². The Balaban J connectivity index is 1.93. The van der Waals surface area contributed by atoms with Gasteiger partial charge in [0, 0.05) is 22.5 Å². The van der Waals surface area contributed by atoms with Crippen molar-refractivity contribution in [3.63, 3.8) is 0 Å². The van der Waals surface area contributed by atoms with Crippen LogP contribution in [0.25, 0.3) is 0 Å². The van der Waals surface area contributed by atoms with Crippen LogP contribution < -0.4 is 0 Å². The normalized spacial score (nSPS) is 55.2. The van der Waals surface area contributed by atoms with E-state index in [1.807, 2.05) is 20.8 Å². The summed E-state index contributed by atoms with van der Waals surface area (Å²) in [5, 5.41) is 32.3. The molecule has 25 heavy (non-hydrogen) atoms. The minimum atomic E-state index is -1.34. The zero-order valence-electron chi connectivity index (χ0n) is 15.3. The van der Waals surface area contributed by atoms with Gasteiger partial charge in [-0.15, -0.1) is 0 Å². The van der Waals surface area contributed by atoms with Crippen molar-refractivity contribution in [1.82, 2.24) is 0 Å². The molecule has 4 aliphatic carbocycles. The Hall–Kier alpha value is -1.04. The van der Waals surface area contributed by atoms with E-state index in [9.17, 15) is 24.9 Å². The molecule has 5 heteroatoms. The van der Waals surface area contributed by atoms with Crippen molar-refractivity contribution in [2.24, 2.45) is 34.5 Å². The van der Waals surface area contributed by atoms with Crippen LogP contribution in [0.1, 0.15) is 47.0 Å². The fourth-order valence-electron chi connectivity index (χ4n) is 6.25. The van der Waals surface area contributed by atoms with Crippen LogP contribution in [0.3, 0.4) is 0 Å². The molecule has 0 aromatic carbocycles. The number of hydrogen-bond acceptors (Lipinski definition) is 5. The average Bonchev–Trinajstić information content (AvgIpc) is 3.23. The van der Waals surface area contributed by atoms with E-state index in [4.69, 9.17) is 0 Å². The number of carbonyl (C=O) groups is 2. The SMILES string of the molecule is C[C@@H]1[C@H]2[C@H](O)[C@@H](O)C3=C(C(=O)[C@H](O)[C@@]4(C[C@@H]4C)C3=O)[C@@]2(C)CC[C@H]1C. The van der Waals surface area contributed by atoms with Gasteiger partial charge in [-0.2, -0.15) is 0 Å². The predicted molar refractivity (Wildman–Crippen MR) is 90.4 cm³/mol. The number of carbonyl (C=O) groups excluding carboxylic acids is 2. The first-order valence-corrected chi connectivity index (χ1v) is 9.47. The first kappa shape index (κ1) is 17.4. The summed E-state index contributed by atoms with van der Waals surface area (Å²) in [6.07, 6.45) is -1.67. The lowest BCUT2D eigenvalue weighted by atomic mass is 9.48. The van der Waals surface area contributed by atoms with Crippen LogP contribution in [-0.2, 0) is 9.59 Å². The Labute approximate surface area is 148 Å². The number of ketones is 2. The molecule has 0 saturated heterocycles. The molecule has 0 heterocycles. The van der Waals surface area contributed by atoms with E-state index in [1.54, 1.807) is 0 Å². The standard InChI is InChI=1S/C20H28O5/c1-8-5-6-19(4)12(10(8)3)15(22)14(21)11-13(19)16(23)18(25)20(17(11)24)7-9(20)2/h8-10,12,14-15,18,21-22,25H,5-7H2,1-4H3/t8-,9+,10+,12+,14+,15+,18+,19+,20-/m1/s1. The lowest BCUT2D eigenvalue weighted by molar-refractivity contribution is -0.150. The summed E-state index contributed by atoms with van der Waals surface area (Å²) in [6.45, 7) is 7.94. The van der Waals surface area contributed by atoms with Gasteiger partial charge in [0.15, 0.2) is 11.6 Å². The van der Waals surface area contributed by atoms with Gasteiger partial charge in [0.05, 0.1) is 11.5 Å². The largest absolute Gasteiger partial charge is 0.390 e. The minimum absolute atomic E-state index is 0.0758. The summed E-state index contributed by atoms with van der Waals surface area (Å²) in [4.78, 5) is 26.3. The molecule has 0 aromatic heterocycles. The van der Waals surface area contributed by atoms with Gasteiger partial charge in [0.2, 0.25) is 0 Å². The highest BCUT2D eigenvalue weighted by Gasteiger charge is 2.71. The molecule has 1 spiro atoms. The monoisotopic (exact) mass is 348 g/mol. The molecule has 5 nitrogen and oxygen atoms in total. The van der Waals surface area contributed by atoms with Crippen molar-refractivity contribution < 1.29 is 24.9 Å². The van der Waals surface area contributed by atoms with Crippen LogP contribution in [0.15, 0.2) is 11.1 Å². The van der Waals surface area contributed by atoms with Gasteiger partial charge in [-0.05, 0) is 37.0 Å². The molecular formula is C20H28O5. The third kappa shape index (κ3) is 1.84. The Morgan fingerprint density at radius 3 is 2.24 bits per heavy atom. The second kappa shape index (κ2) is 5.02. The summed E-state index contributed by atoms with van der Waals surface area (Å²) >= 11 is 0. The molecule has 0 radical (unpaired) electrons. The average molecular weight is 348 g/mol. The molecule has 4 aliphatic rings. The summed E-state index contributed by atoms with van der Waals surface area (Å²) in [7, 11) is 0. The van der Waals surface area contributed by atoms with Crippen LogP contribution in [0.5, 0.6) is 0 Å². The van der Waals surface area contributed by atoms with Crippen molar-refractivity contribution in [3.05, 3.63) is 11.1 Å². The third-order valence-electron chi connectivity index (χ3n) is 8.16. The predicted octanol–water partition coefficient (Wildman–Crippen LogP) is 1.25. The fourth-order valence-corrected chi connectivity index (χ4v) is 6.25. The lowest BCUT2D eigenvalue weighted by Gasteiger charge is -2.56. The Bertz CT molecular complexity index is 696. The van der Waals surface area contributed by atoms with Crippen molar-refractivity contribution in [3.8, 4) is 0 Å². The summed E-state index contributed by atoms with van der Waals surface area (Å²) < 4.78 is 0. The van der Waals surface area contributed by atoms with Gasteiger partial charge in [0.1, 0.15) is 12.2 Å². The number of fused-ring (bicyclic) bond motifs is 2. The quantitative estimate of drug-likeness (QED) is 0.612. The van der Waals surface area contributed by atoms with Gasteiger partial charge >= 0.3 is 0 Å². The first-order valence-electron chi connectivity index (χ1n) is 9.47. The fraction of sp³-hybridized carbons (Fsp3) is 0.800. The zero-order chi connectivity index (χ0) is 18.5. The molecule has 0 aliphatic heterocycles. The molecule has 2 saturated carbocycles. The highest BCUT2D eigenvalue weighted by molar-refractivity contribution is 6.19. The van der Waals surface area contributed by atoms with Crippen molar-refractivity contribution in [2.75, 3.05) is 0 Å². The first-order chi connectivity index (χ1) is 11.6. The van der Waals surface area contributed by atoms with E-state index in [1.165, 1.54) is 0 Å². The summed E-state index contributed by atoms with van der Waals surface area (Å²) in [5.41, 5.74) is -1.36. The van der Waals surface area contributed by atoms with E-state index in [0.29, 0.717) is 24.3 Å². The molecule has 9 atom stereocenters. The number of hydrogen-bond donors (Lipinski definition) is 3. The van der Waals surface area contributed by atoms with Gasteiger partial charge in [0.25, 0.3) is 0 Å². The second-order valence-electron chi connectivity index (χ2n) is 9.28. The second-order valence-corrected chi connectivity index (χ2v) is 9.28. The molecule has 3 N–H and O–H groups in total. The van der Waals surface area contributed by atoms with E-state index in [2.05, 4.69) is 6.92 Å². The lowest BCUT2D eigenvalue weighted by Crippen LogP contribution is -2.61. The van der Waals surface area contributed by atoms with Gasteiger partial charge in [-0.3, -0.25) is 9.59 Å². The topological polar surface area (TPSA) is 94.8 Å². The zero-order valence-corrected chi connectivity index (χ0v) is 15.3. The Morgan fingerprint density at radius 1 is 1.08 bits per heavy atom. The van der Waals surface area contributed by atoms with Gasteiger partial charge in [-0.25, -0.2) is 0 Å². The smallest absolute Gasteiger partial charge is 0.189 e. The Kier molecular flexibility index (Phi) is 3.49. The van der Waals surface area contributed by atoms with Crippen LogP contribution in [0.4, 0.5) is 0 Å². The maximum Gasteiger partial charge on any atom is 0.189 e. The molecular weight excluding hydrogens is 320 g/mol. The molecule has 0 unspecified atom stereocenters. The highest BCUT2D eigenvalue weighted by atomic mass is 16.3. The molecule has 0 amide bonds. The molecule has 0 aromatic rings. The molecule has 138 valence electrons. The van der Waals surface area contributed by atoms with E-state index >= 15 is 0 Å². The van der Waals surface area contributed by atoms with Crippen molar-refractivity contribution in [2.45, 2.75) is 65.3 Å². The highest BCUT2D eigenvalue weighted by Crippen LogP contribution is 2.65. The number of rotatable bonds is 0. The maximum atomic E-state index is 13.2.